The standard InChI is InChI=1S/C12H16OSe/c1-5-6-14-11-7-9(2)12(13-4)10(3)8-11/h5,7-8H,1,6H2,2-4H3. The average molecular weight is 255 g/mol. The second-order valence-corrected chi connectivity index (χ2v) is 5.48. The molecule has 0 saturated heterocycles. The van der Waals surface area contributed by atoms with Crippen molar-refractivity contribution in [3.05, 3.63) is 35.9 Å². The summed E-state index contributed by atoms with van der Waals surface area (Å²) >= 11 is 0.517. The van der Waals surface area contributed by atoms with Crippen molar-refractivity contribution in [2.24, 2.45) is 0 Å². The van der Waals surface area contributed by atoms with Gasteiger partial charge in [-0.25, -0.2) is 0 Å². The van der Waals surface area contributed by atoms with Crippen molar-refractivity contribution < 1.29 is 4.74 Å². The van der Waals surface area contributed by atoms with Crippen molar-refractivity contribution in [1.29, 1.82) is 0 Å². The van der Waals surface area contributed by atoms with Gasteiger partial charge in [-0.2, -0.15) is 0 Å². The van der Waals surface area contributed by atoms with Crippen LogP contribution in [0.3, 0.4) is 0 Å². The van der Waals surface area contributed by atoms with E-state index in [2.05, 4.69) is 32.6 Å². The summed E-state index contributed by atoms with van der Waals surface area (Å²) in [5.74, 6) is 1.02. The van der Waals surface area contributed by atoms with Gasteiger partial charge in [-0.05, 0) is 0 Å². The van der Waals surface area contributed by atoms with Gasteiger partial charge in [0.1, 0.15) is 0 Å². The van der Waals surface area contributed by atoms with E-state index in [1.54, 1.807) is 7.11 Å². The molecule has 0 amide bonds. The Bertz CT molecular complexity index is 308. The first kappa shape index (κ1) is 11.4. The molecule has 0 bridgehead atoms. The number of allylic oxidation sites excluding steroid dienone is 1. The number of aryl methyl sites for hydroxylation is 2. The molecule has 0 saturated carbocycles. The third-order valence-corrected chi connectivity index (χ3v) is 4.04. The fourth-order valence-electron chi connectivity index (χ4n) is 1.47. The Balaban J connectivity index is 2.95. The molecule has 2 heteroatoms. The summed E-state index contributed by atoms with van der Waals surface area (Å²) < 4.78 is 6.75. The topological polar surface area (TPSA) is 9.23 Å². The molecular weight excluding hydrogens is 239 g/mol. The van der Waals surface area contributed by atoms with Gasteiger partial charge >= 0.3 is 92.1 Å². The number of hydrogen-bond donors (Lipinski definition) is 0. The van der Waals surface area contributed by atoms with E-state index in [-0.39, 0.29) is 0 Å². The Morgan fingerprint density at radius 3 is 2.36 bits per heavy atom. The van der Waals surface area contributed by atoms with Crippen LogP contribution in [0.1, 0.15) is 11.1 Å². The molecule has 1 nitrogen and oxygen atoms in total. The number of hydrogen-bond acceptors (Lipinski definition) is 1. The van der Waals surface area contributed by atoms with Crippen LogP contribution in [-0.2, 0) is 0 Å². The van der Waals surface area contributed by atoms with Crippen LogP contribution in [-0.4, -0.2) is 22.1 Å². The zero-order valence-corrected chi connectivity index (χ0v) is 10.7. The molecular formula is C12H16OSe. The van der Waals surface area contributed by atoms with Crippen LogP contribution in [0.15, 0.2) is 24.8 Å². The molecule has 0 aliphatic carbocycles. The van der Waals surface area contributed by atoms with Gasteiger partial charge in [0.15, 0.2) is 0 Å². The summed E-state index contributed by atoms with van der Waals surface area (Å²) in [5, 5.41) is 1.10. The van der Waals surface area contributed by atoms with Crippen LogP contribution in [0.25, 0.3) is 0 Å². The molecule has 1 rings (SSSR count). The molecule has 76 valence electrons. The van der Waals surface area contributed by atoms with Gasteiger partial charge in [-0.1, -0.05) is 0 Å². The third kappa shape index (κ3) is 2.63. The minimum absolute atomic E-state index is 0.517. The molecule has 0 radical (unpaired) electrons. The van der Waals surface area contributed by atoms with E-state index in [1.165, 1.54) is 15.6 Å². The van der Waals surface area contributed by atoms with Gasteiger partial charge in [0.2, 0.25) is 0 Å². The van der Waals surface area contributed by atoms with Gasteiger partial charge in [-0.15, -0.1) is 0 Å². The molecule has 0 spiro atoms. The number of benzene rings is 1. The summed E-state index contributed by atoms with van der Waals surface area (Å²) in [4.78, 5) is 0. The second kappa shape index (κ2) is 5.23. The summed E-state index contributed by atoms with van der Waals surface area (Å²) in [6.07, 6.45) is 1.98. The fraction of sp³-hybridized carbons (Fsp3) is 0.333. The van der Waals surface area contributed by atoms with E-state index in [9.17, 15) is 0 Å². The molecule has 0 unspecified atom stereocenters. The zero-order chi connectivity index (χ0) is 10.6. The molecule has 0 N–H and O–H groups in total. The average Bonchev–Trinajstić information content (AvgIpc) is 2.14. The molecule has 0 aromatic heterocycles. The Morgan fingerprint density at radius 1 is 1.36 bits per heavy atom. The van der Waals surface area contributed by atoms with Crippen molar-refractivity contribution in [1.82, 2.24) is 0 Å². The van der Waals surface area contributed by atoms with Crippen molar-refractivity contribution in [2.75, 3.05) is 7.11 Å². The molecule has 0 aliphatic rings. The summed E-state index contributed by atoms with van der Waals surface area (Å²) in [7, 11) is 1.73. The van der Waals surface area contributed by atoms with Crippen LogP contribution in [0.4, 0.5) is 0 Å². The van der Waals surface area contributed by atoms with Crippen LogP contribution in [0.5, 0.6) is 5.75 Å². The van der Waals surface area contributed by atoms with Crippen molar-refractivity contribution in [3.63, 3.8) is 0 Å². The van der Waals surface area contributed by atoms with Gasteiger partial charge in [0, 0.05) is 0 Å². The van der Waals surface area contributed by atoms with Gasteiger partial charge in [0.25, 0.3) is 0 Å². The van der Waals surface area contributed by atoms with Crippen LogP contribution in [0, 0.1) is 13.8 Å². The number of ether oxygens (including phenoxy) is 1. The minimum atomic E-state index is 0.517. The van der Waals surface area contributed by atoms with Crippen molar-refractivity contribution in [2.45, 2.75) is 19.2 Å². The molecule has 1 aromatic rings. The summed E-state index contributed by atoms with van der Waals surface area (Å²) in [5.41, 5.74) is 2.46. The number of rotatable bonds is 4. The Labute approximate surface area is 92.3 Å². The first-order valence-corrected chi connectivity index (χ1v) is 6.64. The summed E-state index contributed by atoms with van der Waals surface area (Å²) in [6, 6.07) is 4.44. The fourth-order valence-corrected chi connectivity index (χ4v) is 3.21. The monoisotopic (exact) mass is 256 g/mol. The van der Waals surface area contributed by atoms with Crippen LogP contribution < -0.4 is 9.20 Å². The molecule has 0 atom stereocenters. The third-order valence-electron chi connectivity index (χ3n) is 2.01. The van der Waals surface area contributed by atoms with E-state index in [1.807, 2.05) is 6.08 Å². The molecule has 0 heterocycles. The van der Waals surface area contributed by atoms with E-state index in [4.69, 9.17) is 4.74 Å². The quantitative estimate of drug-likeness (QED) is 0.592. The van der Waals surface area contributed by atoms with Crippen LogP contribution in [0.2, 0.25) is 5.32 Å². The van der Waals surface area contributed by atoms with E-state index < -0.39 is 0 Å². The first-order valence-electron chi connectivity index (χ1n) is 4.58. The Morgan fingerprint density at radius 2 is 1.93 bits per heavy atom. The second-order valence-electron chi connectivity index (χ2n) is 3.19. The zero-order valence-electron chi connectivity index (χ0n) is 8.96. The predicted octanol–water partition coefficient (Wildman–Crippen LogP) is 2.25. The van der Waals surface area contributed by atoms with E-state index in [0.717, 1.165) is 11.1 Å². The normalized spacial score (nSPS) is 9.93. The molecule has 0 aliphatic heterocycles. The van der Waals surface area contributed by atoms with Crippen LogP contribution >= 0.6 is 0 Å². The first-order chi connectivity index (χ1) is 6.69. The summed E-state index contributed by atoms with van der Waals surface area (Å²) in [6.45, 7) is 7.94. The van der Waals surface area contributed by atoms with Gasteiger partial charge in [-0.3, -0.25) is 0 Å². The van der Waals surface area contributed by atoms with Crippen molar-refractivity contribution in [3.8, 4) is 5.75 Å². The van der Waals surface area contributed by atoms with Gasteiger partial charge < -0.3 is 0 Å². The molecule has 1 aromatic carbocycles. The Hall–Kier alpha value is -0.721. The maximum atomic E-state index is 5.32. The molecule has 14 heavy (non-hydrogen) atoms. The van der Waals surface area contributed by atoms with E-state index >= 15 is 0 Å². The molecule has 0 fully saturated rings. The van der Waals surface area contributed by atoms with Gasteiger partial charge in [0.05, 0.1) is 0 Å². The SMILES string of the molecule is C=CC[Se]c1cc(C)c(OC)c(C)c1. The van der Waals surface area contributed by atoms with E-state index in [0.29, 0.717) is 15.0 Å². The van der Waals surface area contributed by atoms with Crippen molar-refractivity contribution >= 4 is 19.4 Å². The Kier molecular flexibility index (Phi) is 4.24. The number of methoxy groups -OCH3 is 1. The predicted molar refractivity (Wildman–Crippen MR) is 62.9 cm³/mol. The maximum absolute atomic E-state index is 5.32.